The second-order valence-electron chi connectivity index (χ2n) is 7.10. The Hall–Kier alpha value is -2.67. The molecule has 3 heterocycles. The quantitative estimate of drug-likeness (QED) is 0.826. The zero-order chi connectivity index (χ0) is 20.1. The third-order valence-electron chi connectivity index (χ3n) is 4.85. The van der Waals surface area contributed by atoms with E-state index in [9.17, 15) is 4.79 Å². The normalized spacial score (nSPS) is 19.4. The highest BCUT2D eigenvalue weighted by Crippen LogP contribution is 2.19. The highest BCUT2D eigenvalue weighted by molar-refractivity contribution is 6.04. The lowest BCUT2D eigenvalue weighted by Gasteiger charge is -2.36. The predicted molar refractivity (Wildman–Crippen MR) is 112 cm³/mol. The largest absolute Gasteiger partial charge is 0.372 e. The van der Waals surface area contributed by atoms with Crippen molar-refractivity contribution in [2.75, 3.05) is 41.3 Å². The van der Waals surface area contributed by atoms with Crippen LogP contribution in [-0.2, 0) is 4.74 Å². The number of rotatable bonds is 6. The molecular formula is C21H29N5O2. The SMILES string of the molecule is CCN(CC)c1ccc(NC(=O)c2ccc(N3CC(C)OC(C)C3)nc2)cn1. The van der Waals surface area contributed by atoms with E-state index >= 15 is 0 Å². The molecule has 2 atom stereocenters. The first-order valence-corrected chi connectivity index (χ1v) is 9.89. The molecule has 0 radical (unpaired) electrons. The maximum absolute atomic E-state index is 12.5. The molecule has 0 aromatic carbocycles. The highest BCUT2D eigenvalue weighted by atomic mass is 16.5. The lowest BCUT2D eigenvalue weighted by atomic mass is 10.2. The summed E-state index contributed by atoms with van der Waals surface area (Å²) in [7, 11) is 0. The third kappa shape index (κ3) is 4.78. The molecule has 7 nitrogen and oxygen atoms in total. The monoisotopic (exact) mass is 383 g/mol. The number of hydrogen-bond acceptors (Lipinski definition) is 6. The molecule has 0 spiro atoms. The Morgan fingerprint density at radius 3 is 2.36 bits per heavy atom. The van der Waals surface area contributed by atoms with E-state index < -0.39 is 0 Å². The van der Waals surface area contributed by atoms with Crippen molar-refractivity contribution in [3.8, 4) is 0 Å². The molecule has 1 aliphatic heterocycles. The van der Waals surface area contributed by atoms with Gasteiger partial charge < -0.3 is 19.9 Å². The molecule has 7 heteroatoms. The first-order chi connectivity index (χ1) is 13.5. The van der Waals surface area contributed by atoms with Gasteiger partial charge in [-0.1, -0.05) is 0 Å². The molecule has 0 aliphatic carbocycles. The summed E-state index contributed by atoms with van der Waals surface area (Å²) in [6.45, 7) is 11.7. The van der Waals surface area contributed by atoms with Gasteiger partial charge >= 0.3 is 0 Å². The fourth-order valence-electron chi connectivity index (χ4n) is 3.47. The Morgan fingerprint density at radius 2 is 1.82 bits per heavy atom. The van der Waals surface area contributed by atoms with Crippen molar-refractivity contribution in [3.05, 3.63) is 42.2 Å². The Balaban J connectivity index is 1.63. The number of aromatic nitrogens is 2. The van der Waals surface area contributed by atoms with Gasteiger partial charge in [0.05, 0.1) is 29.7 Å². The first-order valence-electron chi connectivity index (χ1n) is 9.89. The maximum Gasteiger partial charge on any atom is 0.257 e. The highest BCUT2D eigenvalue weighted by Gasteiger charge is 2.23. The topological polar surface area (TPSA) is 70.6 Å². The van der Waals surface area contributed by atoms with E-state index in [0.717, 1.165) is 37.8 Å². The van der Waals surface area contributed by atoms with Crippen molar-refractivity contribution >= 4 is 23.2 Å². The van der Waals surface area contributed by atoms with E-state index in [1.165, 1.54) is 0 Å². The van der Waals surface area contributed by atoms with Gasteiger partial charge in [-0.3, -0.25) is 4.79 Å². The van der Waals surface area contributed by atoms with E-state index in [0.29, 0.717) is 11.3 Å². The van der Waals surface area contributed by atoms with Crippen LogP contribution < -0.4 is 15.1 Å². The Kier molecular flexibility index (Phi) is 6.46. The van der Waals surface area contributed by atoms with Gasteiger partial charge in [0.2, 0.25) is 0 Å². The first kappa shape index (κ1) is 20.1. The molecule has 3 rings (SSSR count). The number of nitrogens with zero attached hydrogens (tertiary/aromatic N) is 4. The zero-order valence-electron chi connectivity index (χ0n) is 17.1. The number of carbonyl (C=O) groups excluding carboxylic acids is 1. The van der Waals surface area contributed by atoms with Gasteiger partial charge in [-0.05, 0) is 52.0 Å². The average Bonchev–Trinajstić information content (AvgIpc) is 2.69. The summed E-state index contributed by atoms with van der Waals surface area (Å²) in [5, 5.41) is 2.88. The standard InChI is InChI=1S/C21H29N5O2/c1-5-25(6-2)19-10-8-18(12-23-19)24-21(27)17-7-9-20(22-11-17)26-13-15(3)28-16(4)14-26/h7-12,15-16H,5-6,13-14H2,1-4H3,(H,24,27). The smallest absolute Gasteiger partial charge is 0.257 e. The van der Waals surface area contributed by atoms with Crippen LogP contribution in [0.1, 0.15) is 38.1 Å². The molecule has 2 unspecified atom stereocenters. The van der Waals surface area contributed by atoms with Gasteiger partial charge in [-0.25, -0.2) is 9.97 Å². The fraction of sp³-hybridized carbons (Fsp3) is 0.476. The molecule has 1 amide bonds. The van der Waals surface area contributed by atoms with Crippen LogP contribution in [-0.4, -0.2) is 54.3 Å². The lowest BCUT2D eigenvalue weighted by Crippen LogP contribution is -2.45. The van der Waals surface area contributed by atoms with Crippen molar-refractivity contribution < 1.29 is 9.53 Å². The van der Waals surface area contributed by atoms with Gasteiger partial charge in [0, 0.05) is 32.4 Å². The summed E-state index contributed by atoms with van der Waals surface area (Å²) < 4.78 is 5.76. The number of ether oxygens (including phenoxy) is 1. The predicted octanol–water partition coefficient (Wildman–Crippen LogP) is 3.19. The van der Waals surface area contributed by atoms with Gasteiger partial charge in [0.1, 0.15) is 11.6 Å². The minimum atomic E-state index is -0.194. The van der Waals surface area contributed by atoms with E-state index in [-0.39, 0.29) is 18.1 Å². The van der Waals surface area contributed by atoms with Crippen LogP contribution in [0.25, 0.3) is 0 Å². The van der Waals surface area contributed by atoms with E-state index in [4.69, 9.17) is 4.74 Å². The van der Waals surface area contributed by atoms with Gasteiger partial charge in [0.25, 0.3) is 5.91 Å². The summed E-state index contributed by atoms with van der Waals surface area (Å²) in [6.07, 6.45) is 3.64. The molecular weight excluding hydrogens is 354 g/mol. The number of hydrogen-bond donors (Lipinski definition) is 1. The van der Waals surface area contributed by atoms with Crippen LogP contribution in [0.15, 0.2) is 36.7 Å². The number of morpholine rings is 1. The third-order valence-corrected chi connectivity index (χ3v) is 4.85. The van der Waals surface area contributed by atoms with E-state index in [1.807, 2.05) is 18.2 Å². The van der Waals surface area contributed by atoms with Crippen LogP contribution in [0.4, 0.5) is 17.3 Å². The molecule has 1 N–H and O–H groups in total. The lowest BCUT2D eigenvalue weighted by molar-refractivity contribution is -0.00546. The fourth-order valence-corrected chi connectivity index (χ4v) is 3.47. The Labute approximate surface area is 166 Å². The zero-order valence-corrected chi connectivity index (χ0v) is 17.1. The minimum absolute atomic E-state index is 0.167. The van der Waals surface area contributed by atoms with Crippen LogP contribution in [0.3, 0.4) is 0 Å². The number of carbonyl (C=O) groups is 1. The van der Waals surface area contributed by atoms with Crippen molar-refractivity contribution in [2.45, 2.75) is 39.9 Å². The Bertz CT molecular complexity index is 764. The average molecular weight is 383 g/mol. The van der Waals surface area contributed by atoms with Crippen molar-refractivity contribution in [1.29, 1.82) is 0 Å². The summed E-state index contributed by atoms with van der Waals surface area (Å²) in [5.74, 6) is 1.58. The second-order valence-corrected chi connectivity index (χ2v) is 7.10. The van der Waals surface area contributed by atoms with Crippen LogP contribution in [0.5, 0.6) is 0 Å². The molecule has 2 aromatic rings. The van der Waals surface area contributed by atoms with Crippen LogP contribution in [0, 0.1) is 0 Å². The van der Waals surface area contributed by atoms with Crippen LogP contribution in [0.2, 0.25) is 0 Å². The van der Waals surface area contributed by atoms with Gasteiger partial charge in [-0.15, -0.1) is 0 Å². The molecule has 1 fully saturated rings. The molecule has 150 valence electrons. The number of pyridine rings is 2. The maximum atomic E-state index is 12.5. The summed E-state index contributed by atoms with van der Waals surface area (Å²) >= 11 is 0. The van der Waals surface area contributed by atoms with E-state index in [1.54, 1.807) is 18.5 Å². The summed E-state index contributed by atoms with van der Waals surface area (Å²) in [5.41, 5.74) is 1.19. The molecule has 0 bridgehead atoms. The summed E-state index contributed by atoms with van der Waals surface area (Å²) in [4.78, 5) is 25.8. The molecule has 28 heavy (non-hydrogen) atoms. The molecule has 2 aromatic heterocycles. The summed E-state index contributed by atoms with van der Waals surface area (Å²) in [6, 6.07) is 7.49. The van der Waals surface area contributed by atoms with Crippen molar-refractivity contribution in [3.63, 3.8) is 0 Å². The second kappa shape index (κ2) is 9.01. The van der Waals surface area contributed by atoms with E-state index in [2.05, 4.69) is 52.8 Å². The molecule has 1 aliphatic rings. The van der Waals surface area contributed by atoms with Crippen molar-refractivity contribution in [2.24, 2.45) is 0 Å². The molecule has 1 saturated heterocycles. The number of nitrogens with one attached hydrogen (secondary N) is 1. The van der Waals surface area contributed by atoms with Gasteiger partial charge in [-0.2, -0.15) is 0 Å². The Morgan fingerprint density at radius 1 is 1.11 bits per heavy atom. The van der Waals surface area contributed by atoms with Gasteiger partial charge in [0.15, 0.2) is 0 Å². The number of amides is 1. The number of anilines is 3. The van der Waals surface area contributed by atoms with Crippen LogP contribution >= 0.6 is 0 Å². The molecule has 0 saturated carbocycles. The minimum Gasteiger partial charge on any atom is -0.372 e. The van der Waals surface area contributed by atoms with Crippen molar-refractivity contribution in [1.82, 2.24) is 9.97 Å².